The first kappa shape index (κ1) is 19.6. The summed E-state index contributed by atoms with van der Waals surface area (Å²) in [4.78, 5) is 38.1. The smallest absolute Gasteiger partial charge is 0.313 e. The average Bonchev–Trinajstić information content (AvgIpc) is 2.67. The van der Waals surface area contributed by atoms with Crippen LogP contribution >= 0.6 is 11.6 Å². The number of aromatic nitrogens is 1. The predicted molar refractivity (Wildman–Crippen MR) is 109 cm³/mol. The third-order valence-electron chi connectivity index (χ3n) is 4.26. The van der Waals surface area contributed by atoms with Gasteiger partial charge in [0, 0.05) is 23.1 Å². The maximum Gasteiger partial charge on any atom is 0.313 e. The highest BCUT2D eigenvalue weighted by Crippen LogP contribution is 2.29. The summed E-state index contributed by atoms with van der Waals surface area (Å²) in [6, 6.07) is 13.4. The van der Waals surface area contributed by atoms with Crippen LogP contribution in [0, 0.1) is 5.92 Å². The highest BCUT2D eigenvalue weighted by atomic mass is 35.5. The van der Waals surface area contributed by atoms with E-state index in [-0.39, 0.29) is 11.3 Å². The molecule has 144 valence electrons. The van der Waals surface area contributed by atoms with Crippen molar-refractivity contribution in [3.8, 4) is 5.75 Å². The number of hydrogen-bond donors (Lipinski definition) is 1. The second kappa shape index (κ2) is 7.86. The number of nitrogens with zero attached hydrogens (tertiary/aromatic N) is 1. The van der Waals surface area contributed by atoms with Gasteiger partial charge in [-0.05, 0) is 36.4 Å². The molecule has 2 aromatic carbocycles. The van der Waals surface area contributed by atoms with Gasteiger partial charge in [-0.3, -0.25) is 14.4 Å². The molecule has 1 heterocycles. The zero-order valence-corrected chi connectivity index (χ0v) is 16.4. The van der Waals surface area contributed by atoms with Crippen LogP contribution < -0.4 is 15.6 Å². The van der Waals surface area contributed by atoms with E-state index in [0.29, 0.717) is 21.6 Å². The van der Waals surface area contributed by atoms with Crippen LogP contribution in [0.25, 0.3) is 10.9 Å². The van der Waals surface area contributed by atoms with Gasteiger partial charge in [0.1, 0.15) is 5.56 Å². The number of para-hydroxylation sites is 1. The Balaban J connectivity index is 2.17. The minimum absolute atomic E-state index is 0.0381. The SMILES string of the molecule is CC(C)C(=O)Oc1c(C(=O)Nc2ccc(Cl)cc2)c(=O)n(C)c2ccccc12. The fraction of sp³-hybridized carbons (Fsp3) is 0.190. The number of ether oxygens (including phenoxy) is 1. The maximum absolute atomic E-state index is 12.9. The zero-order valence-electron chi connectivity index (χ0n) is 15.7. The number of hydrogen-bond acceptors (Lipinski definition) is 4. The second-order valence-electron chi connectivity index (χ2n) is 6.62. The van der Waals surface area contributed by atoms with Gasteiger partial charge in [-0.2, -0.15) is 0 Å². The second-order valence-corrected chi connectivity index (χ2v) is 7.06. The molecule has 0 radical (unpaired) electrons. The number of amides is 1. The molecule has 0 aliphatic carbocycles. The van der Waals surface area contributed by atoms with Crippen molar-refractivity contribution in [2.75, 3.05) is 5.32 Å². The number of carbonyl (C=O) groups excluding carboxylic acids is 2. The lowest BCUT2D eigenvalue weighted by Gasteiger charge is -2.16. The molecule has 1 amide bonds. The lowest BCUT2D eigenvalue weighted by Crippen LogP contribution is -2.30. The summed E-state index contributed by atoms with van der Waals surface area (Å²) in [6.07, 6.45) is 0. The molecule has 6 nitrogen and oxygen atoms in total. The van der Waals surface area contributed by atoms with Crippen LogP contribution in [0.4, 0.5) is 5.69 Å². The summed E-state index contributed by atoms with van der Waals surface area (Å²) in [5, 5.41) is 3.68. The van der Waals surface area contributed by atoms with Gasteiger partial charge in [-0.1, -0.05) is 37.6 Å². The van der Waals surface area contributed by atoms with Gasteiger partial charge in [0.05, 0.1) is 11.4 Å². The van der Waals surface area contributed by atoms with Crippen molar-refractivity contribution in [3.63, 3.8) is 0 Å². The number of carbonyl (C=O) groups is 2. The van der Waals surface area contributed by atoms with Gasteiger partial charge in [-0.25, -0.2) is 0 Å². The molecule has 0 fully saturated rings. The number of fused-ring (bicyclic) bond motifs is 1. The largest absolute Gasteiger partial charge is 0.425 e. The summed E-state index contributed by atoms with van der Waals surface area (Å²) in [7, 11) is 1.57. The highest BCUT2D eigenvalue weighted by molar-refractivity contribution is 6.30. The third kappa shape index (κ3) is 3.77. The topological polar surface area (TPSA) is 77.4 Å². The summed E-state index contributed by atoms with van der Waals surface area (Å²) in [5.74, 6) is -1.65. The van der Waals surface area contributed by atoms with Crippen LogP contribution in [-0.2, 0) is 11.8 Å². The number of nitrogens with one attached hydrogen (secondary N) is 1. The number of anilines is 1. The van der Waals surface area contributed by atoms with Crippen LogP contribution in [0.3, 0.4) is 0 Å². The molecule has 7 heteroatoms. The molecule has 1 N–H and O–H groups in total. The Bertz CT molecular complexity index is 1120. The minimum atomic E-state index is -0.666. The van der Waals surface area contributed by atoms with Crippen molar-refractivity contribution in [2.24, 2.45) is 13.0 Å². The molecule has 0 atom stereocenters. The summed E-state index contributed by atoms with van der Waals surface area (Å²) in [5.41, 5.74) is 0.231. The van der Waals surface area contributed by atoms with E-state index in [4.69, 9.17) is 16.3 Å². The van der Waals surface area contributed by atoms with Crippen molar-refractivity contribution >= 4 is 40.1 Å². The average molecular weight is 399 g/mol. The third-order valence-corrected chi connectivity index (χ3v) is 4.51. The van der Waals surface area contributed by atoms with E-state index in [1.54, 1.807) is 69.4 Å². The van der Waals surface area contributed by atoms with E-state index in [1.807, 2.05) is 0 Å². The Morgan fingerprint density at radius 2 is 1.71 bits per heavy atom. The van der Waals surface area contributed by atoms with E-state index >= 15 is 0 Å². The van der Waals surface area contributed by atoms with Gasteiger partial charge < -0.3 is 14.6 Å². The molecule has 0 aliphatic heterocycles. The first-order valence-electron chi connectivity index (χ1n) is 8.70. The fourth-order valence-electron chi connectivity index (χ4n) is 2.72. The summed E-state index contributed by atoms with van der Waals surface area (Å²) >= 11 is 5.87. The predicted octanol–water partition coefficient (Wildman–Crippen LogP) is 4.01. The van der Waals surface area contributed by atoms with Gasteiger partial charge in [0.25, 0.3) is 11.5 Å². The number of benzene rings is 2. The highest BCUT2D eigenvalue weighted by Gasteiger charge is 2.25. The Morgan fingerprint density at radius 1 is 1.07 bits per heavy atom. The zero-order chi connectivity index (χ0) is 20.4. The van der Waals surface area contributed by atoms with Gasteiger partial charge in [0.15, 0.2) is 5.75 Å². The maximum atomic E-state index is 12.9. The number of rotatable bonds is 4. The van der Waals surface area contributed by atoms with Gasteiger partial charge >= 0.3 is 5.97 Å². The monoisotopic (exact) mass is 398 g/mol. The molecular formula is C21H19ClN2O4. The first-order valence-corrected chi connectivity index (χ1v) is 9.07. The van der Waals surface area contributed by atoms with Crippen molar-refractivity contribution in [3.05, 3.63) is 69.5 Å². The number of halogens is 1. The van der Waals surface area contributed by atoms with Crippen molar-refractivity contribution < 1.29 is 14.3 Å². The number of pyridine rings is 1. The van der Waals surface area contributed by atoms with Crippen LogP contribution in [0.5, 0.6) is 5.75 Å². The van der Waals surface area contributed by atoms with Crippen molar-refractivity contribution in [1.29, 1.82) is 0 Å². The molecule has 0 saturated carbocycles. The molecule has 1 aromatic heterocycles. The van der Waals surface area contributed by atoms with Crippen molar-refractivity contribution in [2.45, 2.75) is 13.8 Å². The van der Waals surface area contributed by atoms with Crippen LogP contribution in [-0.4, -0.2) is 16.4 Å². The molecule has 0 spiro atoms. The molecule has 0 bridgehead atoms. The summed E-state index contributed by atoms with van der Waals surface area (Å²) in [6.45, 7) is 3.36. The van der Waals surface area contributed by atoms with Crippen LogP contribution in [0.15, 0.2) is 53.3 Å². The first-order chi connectivity index (χ1) is 13.3. The number of esters is 1. The van der Waals surface area contributed by atoms with Gasteiger partial charge in [0.2, 0.25) is 0 Å². The standard InChI is InChI=1S/C21H19ClN2O4/c1-12(2)21(27)28-18-15-6-4-5-7-16(15)24(3)20(26)17(18)19(25)23-14-10-8-13(22)9-11-14/h4-12H,1-3H3,(H,23,25). The van der Waals surface area contributed by atoms with E-state index in [0.717, 1.165) is 0 Å². The molecule has 3 aromatic rings. The Kier molecular flexibility index (Phi) is 5.51. The van der Waals surface area contributed by atoms with E-state index in [1.165, 1.54) is 4.57 Å². The quantitative estimate of drug-likeness (QED) is 0.674. The van der Waals surface area contributed by atoms with Crippen LogP contribution in [0.2, 0.25) is 5.02 Å². The molecule has 3 rings (SSSR count). The number of aryl methyl sites for hydroxylation is 1. The van der Waals surface area contributed by atoms with E-state index in [2.05, 4.69) is 5.32 Å². The van der Waals surface area contributed by atoms with E-state index < -0.39 is 23.4 Å². The van der Waals surface area contributed by atoms with Crippen LogP contribution in [0.1, 0.15) is 24.2 Å². The molecular weight excluding hydrogens is 380 g/mol. The lowest BCUT2D eigenvalue weighted by molar-refractivity contribution is -0.137. The lowest BCUT2D eigenvalue weighted by atomic mass is 10.1. The normalized spacial score (nSPS) is 10.9. The molecule has 28 heavy (non-hydrogen) atoms. The Hall–Kier alpha value is -3.12. The molecule has 0 aliphatic rings. The summed E-state index contributed by atoms with van der Waals surface area (Å²) < 4.78 is 6.86. The molecule has 0 saturated heterocycles. The van der Waals surface area contributed by atoms with Gasteiger partial charge in [-0.15, -0.1) is 0 Å². The Labute approximate surface area is 166 Å². The minimum Gasteiger partial charge on any atom is -0.425 e. The van der Waals surface area contributed by atoms with E-state index in [9.17, 15) is 14.4 Å². The fourth-order valence-corrected chi connectivity index (χ4v) is 2.84. The Morgan fingerprint density at radius 3 is 2.36 bits per heavy atom. The molecule has 0 unspecified atom stereocenters. The van der Waals surface area contributed by atoms with Crippen molar-refractivity contribution in [1.82, 2.24) is 4.57 Å².